The molecule has 0 saturated heterocycles. The van der Waals surface area contributed by atoms with Gasteiger partial charge in [0.25, 0.3) is 5.91 Å². The smallest absolute Gasteiger partial charge is 0.416 e. The third-order valence-electron chi connectivity index (χ3n) is 7.11. The van der Waals surface area contributed by atoms with Crippen molar-refractivity contribution in [2.45, 2.75) is 51.6 Å². The number of carbonyl (C=O) groups is 2. The van der Waals surface area contributed by atoms with Crippen LogP contribution in [0.2, 0.25) is 0 Å². The number of aliphatic hydroxyl groups excluding tert-OH is 1. The van der Waals surface area contributed by atoms with Crippen LogP contribution in [0.5, 0.6) is 5.75 Å². The molecule has 2 amide bonds. The molecule has 38 heavy (non-hydrogen) atoms. The van der Waals surface area contributed by atoms with E-state index in [1.807, 2.05) is 18.9 Å². The highest BCUT2D eigenvalue weighted by Crippen LogP contribution is 2.33. The van der Waals surface area contributed by atoms with Crippen LogP contribution in [0.3, 0.4) is 0 Å². The highest BCUT2D eigenvalue weighted by atomic mass is 19.4. The van der Waals surface area contributed by atoms with Crippen molar-refractivity contribution in [1.82, 2.24) is 9.80 Å². The molecule has 0 aromatic heterocycles. The maximum Gasteiger partial charge on any atom is 0.416 e. The van der Waals surface area contributed by atoms with Crippen molar-refractivity contribution in [1.29, 1.82) is 0 Å². The van der Waals surface area contributed by atoms with Gasteiger partial charge < -0.3 is 20.1 Å². The number of benzene rings is 2. The Labute approximate surface area is 220 Å². The number of anilines is 1. The molecule has 2 aromatic rings. The van der Waals surface area contributed by atoms with Crippen molar-refractivity contribution in [3.05, 3.63) is 59.2 Å². The molecule has 1 heterocycles. The minimum atomic E-state index is -4.38. The fourth-order valence-electron chi connectivity index (χ4n) is 4.59. The maximum absolute atomic E-state index is 13.5. The summed E-state index contributed by atoms with van der Waals surface area (Å²) in [6.07, 6.45) is -3.00. The number of likely N-dealkylation sites (N-methyl/N-ethyl adjacent to an activating group) is 1. The van der Waals surface area contributed by atoms with Crippen molar-refractivity contribution in [2.75, 3.05) is 32.1 Å². The van der Waals surface area contributed by atoms with Crippen molar-refractivity contribution in [3.63, 3.8) is 0 Å². The number of fused-ring (bicyclic) bond motifs is 1. The second-order valence-corrected chi connectivity index (χ2v) is 10.5. The van der Waals surface area contributed by atoms with E-state index in [1.54, 1.807) is 30.0 Å². The Morgan fingerprint density at radius 2 is 1.89 bits per heavy atom. The molecular weight excluding hydrogens is 499 g/mol. The summed E-state index contributed by atoms with van der Waals surface area (Å²) < 4.78 is 45.1. The molecule has 4 rings (SSSR count). The summed E-state index contributed by atoms with van der Waals surface area (Å²) >= 11 is 0. The van der Waals surface area contributed by atoms with Crippen molar-refractivity contribution in [2.24, 2.45) is 11.8 Å². The van der Waals surface area contributed by atoms with E-state index in [-0.39, 0.29) is 36.4 Å². The first-order valence-electron chi connectivity index (χ1n) is 12.8. The van der Waals surface area contributed by atoms with Gasteiger partial charge >= 0.3 is 6.18 Å². The predicted molar refractivity (Wildman–Crippen MR) is 137 cm³/mol. The van der Waals surface area contributed by atoms with Crippen LogP contribution in [0.4, 0.5) is 18.9 Å². The summed E-state index contributed by atoms with van der Waals surface area (Å²) in [4.78, 5) is 29.4. The number of aliphatic hydroxyl groups is 1. The number of halogens is 3. The Morgan fingerprint density at radius 3 is 2.50 bits per heavy atom. The summed E-state index contributed by atoms with van der Waals surface area (Å²) in [5, 5.41) is 12.7. The SMILES string of the molecule is C[C@@H]1CN([C@@H](C)CO)C(=O)c2cc(NC(=O)C3CC3)ccc2O[C@@H]1CN(C)Cc1ccc(C(F)(F)F)cc1. The first-order valence-corrected chi connectivity index (χ1v) is 12.8. The van der Waals surface area contributed by atoms with Crippen molar-refractivity contribution in [3.8, 4) is 5.75 Å². The molecule has 1 saturated carbocycles. The first-order chi connectivity index (χ1) is 18.0. The highest BCUT2D eigenvalue weighted by molar-refractivity contribution is 6.00. The molecule has 0 bridgehead atoms. The van der Waals surface area contributed by atoms with Gasteiger partial charge in [-0.3, -0.25) is 14.5 Å². The van der Waals surface area contributed by atoms with E-state index in [1.165, 1.54) is 12.1 Å². The molecule has 2 aliphatic rings. The minimum absolute atomic E-state index is 0.0142. The van der Waals surface area contributed by atoms with Gasteiger partial charge in [-0.25, -0.2) is 0 Å². The van der Waals surface area contributed by atoms with Gasteiger partial charge in [0.2, 0.25) is 5.91 Å². The number of ether oxygens (including phenoxy) is 1. The van der Waals surface area contributed by atoms with Crippen LogP contribution in [0, 0.1) is 11.8 Å². The lowest BCUT2D eigenvalue weighted by molar-refractivity contribution is -0.137. The highest BCUT2D eigenvalue weighted by Gasteiger charge is 2.35. The molecular formula is C28H34F3N3O4. The fraction of sp³-hybridized carbons (Fsp3) is 0.500. The molecule has 1 fully saturated rings. The number of nitrogens with one attached hydrogen (secondary N) is 1. The largest absolute Gasteiger partial charge is 0.488 e. The maximum atomic E-state index is 13.5. The Balaban J connectivity index is 1.54. The van der Waals surface area contributed by atoms with Gasteiger partial charge in [-0.15, -0.1) is 0 Å². The first kappa shape index (κ1) is 27.9. The van der Waals surface area contributed by atoms with E-state index in [9.17, 15) is 27.9 Å². The molecule has 0 unspecified atom stereocenters. The zero-order chi connectivity index (χ0) is 27.6. The van der Waals surface area contributed by atoms with Crippen LogP contribution in [-0.4, -0.2) is 65.6 Å². The lowest BCUT2D eigenvalue weighted by Crippen LogP contribution is -2.49. The molecule has 1 aliphatic heterocycles. The molecule has 0 radical (unpaired) electrons. The van der Waals surface area contributed by atoms with E-state index in [0.717, 1.165) is 30.5 Å². The molecule has 1 aliphatic carbocycles. The van der Waals surface area contributed by atoms with Gasteiger partial charge in [-0.1, -0.05) is 19.1 Å². The zero-order valence-corrected chi connectivity index (χ0v) is 21.8. The number of amides is 2. The topological polar surface area (TPSA) is 82.1 Å². The summed E-state index contributed by atoms with van der Waals surface area (Å²) in [6.45, 7) is 4.76. The number of rotatable bonds is 8. The number of hydrogen-bond acceptors (Lipinski definition) is 5. The second kappa shape index (κ2) is 11.3. The molecule has 2 N–H and O–H groups in total. The van der Waals surface area contributed by atoms with Gasteiger partial charge in [-0.2, -0.15) is 13.2 Å². The lowest BCUT2D eigenvalue weighted by atomic mass is 9.99. The molecule has 3 atom stereocenters. The Bertz CT molecular complexity index is 1150. The molecule has 0 spiro atoms. The van der Waals surface area contributed by atoms with Crippen LogP contribution in [-0.2, 0) is 17.5 Å². The molecule has 7 nitrogen and oxygen atoms in total. The van der Waals surface area contributed by atoms with E-state index < -0.39 is 17.8 Å². The average Bonchev–Trinajstić information content (AvgIpc) is 3.71. The van der Waals surface area contributed by atoms with Gasteiger partial charge in [-0.05, 0) is 62.7 Å². The summed E-state index contributed by atoms with van der Waals surface area (Å²) in [6, 6.07) is 9.68. The third kappa shape index (κ3) is 6.66. The van der Waals surface area contributed by atoms with Crippen LogP contribution in [0.1, 0.15) is 48.2 Å². The van der Waals surface area contributed by atoms with Crippen LogP contribution < -0.4 is 10.1 Å². The number of nitrogens with zero attached hydrogens (tertiary/aromatic N) is 2. The van der Waals surface area contributed by atoms with Crippen LogP contribution >= 0.6 is 0 Å². The Morgan fingerprint density at radius 1 is 1.21 bits per heavy atom. The van der Waals surface area contributed by atoms with E-state index in [2.05, 4.69) is 5.32 Å². The number of alkyl halides is 3. The lowest BCUT2D eigenvalue weighted by Gasteiger charge is -2.38. The average molecular weight is 534 g/mol. The molecule has 10 heteroatoms. The molecule has 2 aromatic carbocycles. The third-order valence-corrected chi connectivity index (χ3v) is 7.11. The summed E-state index contributed by atoms with van der Waals surface area (Å²) in [7, 11) is 1.86. The minimum Gasteiger partial charge on any atom is -0.488 e. The number of hydrogen-bond donors (Lipinski definition) is 2. The second-order valence-electron chi connectivity index (χ2n) is 10.5. The standard InChI is InChI=1S/C28H34F3N3O4/c1-17-13-34(18(2)16-35)27(37)23-12-22(32-26(36)20-6-7-20)10-11-24(23)38-25(17)15-33(3)14-19-4-8-21(9-5-19)28(29,30)31/h4-5,8-12,17-18,20,25,35H,6-7,13-16H2,1-3H3,(H,32,36)/t17-,18+,25-/m1/s1. The summed E-state index contributed by atoms with van der Waals surface area (Å²) in [5.41, 5.74) is 0.870. The zero-order valence-electron chi connectivity index (χ0n) is 21.8. The van der Waals surface area contributed by atoms with Crippen molar-refractivity contribution < 1.29 is 32.6 Å². The van der Waals surface area contributed by atoms with Crippen LogP contribution in [0.25, 0.3) is 0 Å². The summed E-state index contributed by atoms with van der Waals surface area (Å²) in [5.74, 6) is -0.0617. The molecule has 206 valence electrons. The Kier molecular flexibility index (Phi) is 8.32. The van der Waals surface area contributed by atoms with Gasteiger partial charge in [0.15, 0.2) is 0 Å². The van der Waals surface area contributed by atoms with E-state index >= 15 is 0 Å². The fourth-order valence-corrected chi connectivity index (χ4v) is 4.59. The van der Waals surface area contributed by atoms with Crippen LogP contribution in [0.15, 0.2) is 42.5 Å². The normalized spacial score (nSPS) is 20.8. The Hall–Kier alpha value is -3.11. The monoisotopic (exact) mass is 533 g/mol. The number of carbonyl (C=O) groups excluding carboxylic acids is 2. The van der Waals surface area contributed by atoms with Gasteiger partial charge in [0.1, 0.15) is 11.9 Å². The van der Waals surface area contributed by atoms with Gasteiger partial charge in [0.05, 0.1) is 23.8 Å². The van der Waals surface area contributed by atoms with Crippen molar-refractivity contribution >= 4 is 17.5 Å². The quantitative estimate of drug-likeness (QED) is 0.526. The van der Waals surface area contributed by atoms with Gasteiger partial charge in [0, 0.05) is 37.2 Å². The van der Waals surface area contributed by atoms with E-state index in [4.69, 9.17) is 4.74 Å². The van der Waals surface area contributed by atoms with E-state index in [0.29, 0.717) is 36.6 Å². The predicted octanol–water partition coefficient (Wildman–Crippen LogP) is 4.41.